The summed E-state index contributed by atoms with van der Waals surface area (Å²) in [5, 5.41) is 13.3. The summed E-state index contributed by atoms with van der Waals surface area (Å²) in [5.41, 5.74) is 6.65. The van der Waals surface area contributed by atoms with Crippen LogP contribution >= 0.6 is 0 Å². The van der Waals surface area contributed by atoms with Gasteiger partial charge in [0.1, 0.15) is 11.5 Å². The highest BCUT2D eigenvalue weighted by molar-refractivity contribution is 5.69. The van der Waals surface area contributed by atoms with Crippen molar-refractivity contribution in [1.82, 2.24) is 10.1 Å². The molecule has 17 heavy (non-hydrogen) atoms. The third-order valence-corrected chi connectivity index (χ3v) is 2.21. The number of aromatic nitrogens is 2. The van der Waals surface area contributed by atoms with E-state index in [2.05, 4.69) is 10.1 Å². The molecule has 0 spiro atoms. The van der Waals surface area contributed by atoms with Crippen LogP contribution in [0.15, 0.2) is 28.9 Å². The largest absolute Gasteiger partial charge is 0.383 e. The first-order valence-corrected chi connectivity index (χ1v) is 5.19. The minimum absolute atomic E-state index is 0.310. The molecule has 0 aromatic carbocycles. The standard InChI is InChI=1S/C11H13N3O3/c1-2-16-11(15)8-6-9(17-14-8)7-4-3-5-13-10(7)12/h3-6,11,15H,2H2,1H3,(H2,12,13). The smallest absolute Gasteiger partial charge is 0.202 e. The highest BCUT2D eigenvalue weighted by Gasteiger charge is 2.15. The number of nitrogen functional groups attached to an aromatic ring is 1. The quantitative estimate of drug-likeness (QED) is 0.777. The molecule has 90 valence electrons. The van der Waals surface area contributed by atoms with E-state index in [0.717, 1.165) is 0 Å². The van der Waals surface area contributed by atoms with Crippen LogP contribution in [0.4, 0.5) is 5.82 Å². The van der Waals surface area contributed by atoms with E-state index in [4.69, 9.17) is 15.0 Å². The van der Waals surface area contributed by atoms with Crippen molar-refractivity contribution in [2.24, 2.45) is 0 Å². The zero-order chi connectivity index (χ0) is 12.3. The molecule has 1 unspecified atom stereocenters. The Morgan fingerprint density at radius 2 is 2.41 bits per heavy atom. The normalized spacial score (nSPS) is 12.6. The minimum Gasteiger partial charge on any atom is -0.383 e. The first-order valence-electron chi connectivity index (χ1n) is 5.19. The van der Waals surface area contributed by atoms with E-state index in [-0.39, 0.29) is 0 Å². The molecule has 2 aromatic heterocycles. The summed E-state index contributed by atoms with van der Waals surface area (Å²) < 4.78 is 10.1. The van der Waals surface area contributed by atoms with Gasteiger partial charge in [-0.3, -0.25) is 0 Å². The maximum atomic E-state index is 9.56. The number of aliphatic hydroxyl groups is 1. The fourth-order valence-corrected chi connectivity index (χ4v) is 1.40. The van der Waals surface area contributed by atoms with Gasteiger partial charge in [-0.15, -0.1) is 0 Å². The monoisotopic (exact) mass is 235 g/mol. The Bertz CT molecular complexity index is 498. The minimum atomic E-state index is -1.09. The van der Waals surface area contributed by atoms with Gasteiger partial charge in [0.15, 0.2) is 5.76 Å². The molecule has 2 rings (SSSR count). The first-order chi connectivity index (χ1) is 8.22. The highest BCUT2D eigenvalue weighted by atomic mass is 16.6. The molecular formula is C11H13N3O3. The molecule has 0 aliphatic rings. The third-order valence-electron chi connectivity index (χ3n) is 2.21. The molecule has 0 aliphatic carbocycles. The van der Waals surface area contributed by atoms with Gasteiger partial charge in [-0.25, -0.2) is 4.98 Å². The van der Waals surface area contributed by atoms with Crippen molar-refractivity contribution >= 4 is 5.82 Å². The Kier molecular flexibility index (Phi) is 3.36. The zero-order valence-corrected chi connectivity index (χ0v) is 9.33. The van der Waals surface area contributed by atoms with E-state index in [1.807, 2.05) is 0 Å². The molecule has 0 radical (unpaired) electrons. The third kappa shape index (κ3) is 2.43. The summed E-state index contributed by atoms with van der Waals surface area (Å²) in [5.74, 6) is 0.797. The van der Waals surface area contributed by atoms with Crippen molar-refractivity contribution in [3.8, 4) is 11.3 Å². The Hall–Kier alpha value is -1.92. The van der Waals surface area contributed by atoms with Crippen LogP contribution in [0.2, 0.25) is 0 Å². The van der Waals surface area contributed by atoms with Gasteiger partial charge in [0.2, 0.25) is 6.29 Å². The van der Waals surface area contributed by atoms with Gasteiger partial charge in [-0.2, -0.15) is 0 Å². The molecule has 0 saturated heterocycles. The maximum Gasteiger partial charge on any atom is 0.202 e. The fourth-order valence-electron chi connectivity index (χ4n) is 1.40. The molecule has 1 atom stereocenters. The molecule has 3 N–H and O–H groups in total. The van der Waals surface area contributed by atoms with Crippen LogP contribution in [-0.2, 0) is 4.74 Å². The van der Waals surface area contributed by atoms with E-state index in [0.29, 0.717) is 29.4 Å². The second kappa shape index (κ2) is 4.94. The number of hydrogen-bond donors (Lipinski definition) is 2. The van der Waals surface area contributed by atoms with Gasteiger partial charge >= 0.3 is 0 Å². The second-order valence-corrected chi connectivity index (χ2v) is 3.36. The van der Waals surface area contributed by atoms with Crippen LogP contribution in [-0.4, -0.2) is 21.9 Å². The first kappa shape index (κ1) is 11.6. The van der Waals surface area contributed by atoms with Crippen molar-refractivity contribution in [1.29, 1.82) is 0 Å². The lowest BCUT2D eigenvalue weighted by atomic mass is 10.2. The number of rotatable bonds is 4. The number of anilines is 1. The van der Waals surface area contributed by atoms with E-state index in [1.54, 1.807) is 31.3 Å². The Morgan fingerprint density at radius 1 is 1.59 bits per heavy atom. The molecular weight excluding hydrogens is 222 g/mol. The number of aliphatic hydroxyl groups excluding tert-OH is 1. The SMILES string of the molecule is CCOC(O)c1cc(-c2cccnc2N)on1. The molecule has 0 amide bonds. The highest BCUT2D eigenvalue weighted by Crippen LogP contribution is 2.26. The number of ether oxygens (including phenoxy) is 1. The van der Waals surface area contributed by atoms with Gasteiger partial charge in [-0.05, 0) is 19.1 Å². The van der Waals surface area contributed by atoms with Crippen molar-refractivity contribution in [2.45, 2.75) is 13.2 Å². The van der Waals surface area contributed by atoms with Gasteiger partial charge in [-0.1, -0.05) is 5.16 Å². The summed E-state index contributed by atoms with van der Waals surface area (Å²) in [6, 6.07) is 5.08. The van der Waals surface area contributed by atoms with Crippen LogP contribution in [0, 0.1) is 0 Å². The van der Waals surface area contributed by atoms with Crippen molar-refractivity contribution in [3.63, 3.8) is 0 Å². The Balaban J connectivity index is 2.27. The average Bonchev–Trinajstić information content (AvgIpc) is 2.79. The van der Waals surface area contributed by atoms with E-state index >= 15 is 0 Å². The number of nitrogens with two attached hydrogens (primary N) is 1. The lowest BCUT2D eigenvalue weighted by Gasteiger charge is -2.04. The van der Waals surface area contributed by atoms with Crippen LogP contribution in [0.1, 0.15) is 18.9 Å². The summed E-state index contributed by atoms with van der Waals surface area (Å²) in [7, 11) is 0. The van der Waals surface area contributed by atoms with Crippen LogP contribution < -0.4 is 5.73 Å². The summed E-state index contributed by atoms with van der Waals surface area (Å²) in [6.45, 7) is 2.17. The van der Waals surface area contributed by atoms with Crippen LogP contribution in [0.25, 0.3) is 11.3 Å². The predicted octanol–water partition coefficient (Wildman–Crippen LogP) is 1.35. The molecule has 0 saturated carbocycles. The lowest BCUT2D eigenvalue weighted by Crippen LogP contribution is -2.02. The van der Waals surface area contributed by atoms with E-state index < -0.39 is 6.29 Å². The molecule has 0 fully saturated rings. The zero-order valence-electron chi connectivity index (χ0n) is 9.33. The number of pyridine rings is 1. The second-order valence-electron chi connectivity index (χ2n) is 3.36. The number of nitrogens with zero attached hydrogens (tertiary/aromatic N) is 2. The van der Waals surface area contributed by atoms with Gasteiger partial charge in [0, 0.05) is 18.9 Å². The van der Waals surface area contributed by atoms with Crippen molar-refractivity contribution in [2.75, 3.05) is 12.3 Å². The van der Waals surface area contributed by atoms with Gasteiger partial charge < -0.3 is 20.1 Å². The molecule has 6 nitrogen and oxygen atoms in total. The molecule has 6 heteroatoms. The van der Waals surface area contributed by atoms with Crippen LogP contribution in [0.3, 0.4) is 0 Å². The maximum absolute atomic E-state index is 9.56. The number of hydrogen-bond acceptors (Lipinski definition) is 6. The Labute approximate surface area is 98.0 Å². The predicted molar refractivity (Wildman–Crippen MR) is 60.7 cm³/mol. The van der Waals surface area contributed by atoms with Gasteiger partial charge in [0.05, 0.1) is 5.56 Å². The topological polar surface area (TPSA) is 94.4 Å². The lowest BCUT2D eigenvalue weighted by molar-refractivity contribution is -0.102. The summed E-state index contributed by atoms with van der Waals surface area (Å²) in [6.07, 6.45) is 0.501. The summed E-state index contributed by atoms with van der Waals surface area (Å²) >= 11 is 0. The van der Waals surface area contributed by atoms with Crippen molar-refractivity contribution in [3.05, 3.63) is 30.1 Å². The molecule has 2 aromatic rings. The summed E-state index contributed by atoms with van der Waals surface area (Å²) in [4.78, 5) is 3.94. The van der Waals surface area contributed by atoms with Crippen LogP contribution in [0.5, 0.6) is 0 Å². The molecule has 0 aliphatic heterocycles. The van der Waals surface area contributed by atoms with Gasteiger partial charge in [0.25, 0.3) is 0 Å². The van der Waals surface area contributed by atoms with E-state index in [9.17, 15) is 5.11 Å². The molecule has 0 bridgehead atoms. The average molecular weight is 235 g/mol. The van der Waals surface area contributed by atoms with E-state index in [1.165, 1.54) is 0 Å². The van der Waals surface area contributed by atoms with Crippen molar-refractivity contribution < 1.29 is 14.4 Å². The molecule has 2 heterocycles. The Morgan fingerprint density at radius 3 is 3.12 bits per heavy atom. The fraction of sp³-hybridized carbons (Fsp3) is 0.273.